The third-order valence-electron chi connectivity index (χ3n) is 5.68. The summed E-state index contributed by atoms with van der Waals surface area (Å²) in [6, 6.07) is 8.19. The van der Waals surface area contributed by atoms with Gasteiger partial charge in [-0.3, -0.25) is 4.90 Å². The molecule has 3 rings (SSSR count). The maximum Gasteiger partial charge on any atom is 0.115 e. The molecule has 0 bridgehead atoms. The van der Waals surface area contributed by atoms with E-state index in [1.807, 2.05) is 12.1 Å². The number of aromatic hydroxyl groups is 1. The minimum atomic E-state index is 0.235. The van der Waals surface area contributed by atoms with Crippen LogP contribution in [-0.2, 0) is 4.74 Å². The van der Waals surface area contributed by atoms with Crippen LogP contribution in [0.1, 0.15) is 46.1 Å². The lowest BCUT2D eigenvalue weighted by molar-refractivity contribution is -0.155. The first-order valence-electron chi connectivity index (χ1n) is 9.22. The number of hydrogen-bond acceptors (Lipinski definition) is 3. The van der Waals surface area contributed by atoms with Crippen LogP contribution in [0.5, 0.6) is 5.75 Å². The first-order valence-corrected chi connectivity index (χ1v) is 9.22. The molecule has 1 fully saturated rings. The third kappa shape index (κ3) is 3.52. The highest BCUT2D eigenvalue weighted by Crippen LogP contribution is 2.46. The van der Waals surface area contributed by atoms with Crippen LogP contribution in [0.3, 0.4) is 0 Å². The second kappa shape index (κ2) is 6.89. The maximum atomic E-state index is 9.43. The molecule has 24 heavy (non-hydrogen) atoms. The van der Waals surface area contributed by atoms with E-state index in [0.717, 1.165) is 32.5 Å². The van der Waals surface area contributed by atoms with Crippen molar-refractivity contribution in [3.05, 3.63) is 35.9 Å². The number of nitrogens with zero attached hydrogens (tertiary/aromatic N) is 1. The molecule has 0 amide bonds. The van der Waals surface area contributed by atoms with E-state index in [9.17, 15) is 5.11 Å². The highest BCUT2D eigenvalue weighted by molar-refractivity contribution is 5.67. The summed E-state index contributed by atoms with van der Waals surface area (Å²) in [4.78, 5) is 2.61. The van der Waals surface area contributed by atoms with E-state index in [1.54, 1.807) is 12.1 Å². The van der Waals surface area contributed by atoms with Crippen LogP contribution < -0.4 is 0 Å². The molecule has 1 heterocycles. The first kappa shape index (κ1) is 17.5. The highest BCUT2D eigenvalue weighted by atomic mass is 16.5. The zero-order valence-electron chi connectivity index (χ0n) is 15.5. The Kier molecular flexibility index (Phi) is 5.03. The summed E-state index contributed by atoms with van der Waals surface area (Å²) in [6.45, 7) is 12.1. The van der Waals surface area contributed by atoms with Crippen LogP contribution in [0.4, 0.5) is 0 Å². The molecule has 3 heteroatoms. The molecule has 1 aliphatic heterocycles. The zero-order valence-corrected chi connectivity index (χ0v) is 15.5. The Morgan fingerprint density at radius 2 is 1.96 bits per heavy atom. The second-order valence-corrected chi connectivity index (χ2v) is 8.31. The number of phenols is 1. The molecule has 0 saturated heterocycles. The Labute approximate surface area is 146 Å². The van der Waals surface area contributed by atoms with E-state index >= 15 is 0 Å². The Hall–Kier alpha value is -1.32. The van der Waals surface area contributed by atoms with Crippen molar-refractivity contribution in [1.82, 2.24) is 4.90 Å². The zero-order chi connectivity index (χ0) is 17.3. The first-order chi connectivity index (χ1) is 11.4. The summed E-state index contributed by atoms with van der Waals surface area (Å²) in [5.74, 6) is 0.936. The molecule has 0 spiro atoms. The quantitative estimate of drug-likeness (QED) is 0.873. The fourth-order valence-electron chi connectivity index (χ4n) is 3.98. The summed E-state index contributed by atoms with van der Waals surface area (Å²) < 4.78 is 6.11. The van der Waals surface area contributed by atoms with Gasteiger partial charge in [-0.05, 0) is 42.0 Å². The second-order valence-electron chi connectivity index (χ2n) is 8.31. The van der Waals surface area contributed by atoms with Gasteiger partial charge in [0, 0.05) is 31.2 Å². The molecule has 1 aromatic rings. The van der Waals surface area contributed by atoms with Crippen LogP contribution in [0, 0.1) is 11.3 Å². The van der Waals surface area contributed by atoms with E-state index in [-0.39, 0.29) is 5.41 Å². The van der Waals surface area contributed by atoms with Crippen molar-refractivity contribution in [3.63, 3.8) is 0 Å². The minimum Gasteiger partial charge on any atom is -0.508 e. The van der Waals surface area contributed by atoms with Crippen molar-refractivity contribution in [2.24, 2.45) is 11.3 Å². The van der Waals surface area contributed by atoms with Gasteiger partial charge in [0.2, 0.25) is 0 Å². The number of phenolic OH excluding ortho intramolecular Hbond substituents is 1. The largest absolute Gasteiger partial charge is 0.508 e. The molecule has 1 aliphatic carbocycles. The van der Waals surface area contributed by atoms with E-state index in [2.05, 4.69) is 38.7 Å². The number of ether oxygens (including phenoxy) is 1. The molecular weight excluding hydrogens is 298 g/mol. The van der Waals surface area contributed by atoms with E-state index in [4.69, 9.17) is 4.74 Å². The van der Waals surface area contributed by atoms with Gasteiger partial charge in [-0.1, -0.05) is 45.9 Å². The van der Waals surface area contributed by atoms with Gasteiger partial charge >= 0.3 is 0 Å². The topological polar surface area (TPSA) is 32.7 Å². The Morgan fingerprint density at radius 3 is 2.50 bits per heavy atom. The van der Waals surface area contributed by atoms with Crippen LogP contribution in [0.25, 0.3) is 5.57 Å². The van der Waals surface area contributed by atoms with Gasteiger partial charge in [0.1, 0.15) is 5.75 Å². The third-order valence-corrected chi connectivity index (χ3v) is 5.68. The monoisotopic (exact) mass is 329 g/mol. The minimum absolute atomic E-state index is 0.235. The van der Waals surface area contributed by atoms with Crippen molar-refractivity contribution in [2.45, 2.75) is 52.7 Å². The van der Waals surface area contributed by atoms with Gasteiger partial charge in [0.15, 0.2) is 0 Å². The van der Waals surface area contributed by atoms with E-state index in [1.165, 1.54) is 11.1 Å². The van der Waals surface area contributed by atoms with Crippen LogP contribution in [0.15, 0.2) is 30.3 Å². The van der Waals surface area contributed by atoms with Crippen LogP contribution in [0.2, 0.25) is 0 Å². The summed E-state index contributed by atoms with van der Waals surface area (Å²) in [7, 11) is 0. The highest BCUT2D eigenvalue weighted by Gasteiger charge is 2.51. The van der Waals surface area contributed by atoms with Gasteiger partial charge in [0.05, 0.1) is 6.10 Å². The predicted octanol–water partition coefficient (Wildman–Crippen LogP) is 4.32. The average molecular weight is 329 g/mol. The van der Waals surface area contributed by atoms with Crippen molar-refractivity contribution >= 4 is 5.57 Å². The molecule has 3 nitrogen and oxygen atoms in total. The summed E-state index contributed by atoms with van der Waals surface area (Å²) in [5.41, 5.74) is 2.87. The molecule has 0 aromatic heterocycles. The molecule has 2 aliphatic rings. The molecule has 1 aromatic carbocycles. The summed E-state index contributed by atoms with van der Waals surface area (Å²) >= 11 is 0. The standard InChI is InChI=1S/C21H31NO2/c1-15(2)14-24-20-13-19(21(20,3)4)22-11-9-17(10-12-22)16-5-7-18(23)8-6-16/h5-9,15,19-20,23H,10-14H2,1-4H3/t19-,20-/m1/s1. The normalized spacial score (nSPS) is 27.0. The lowest BCUT2D eigenvalue weighted by Crippen LogP contribution is -2.62. The molecular formula is C21H31NO2. The van der Waals surface area contributed by atoms with E-state index < -0.39 is 0 Å². The summed E-state index contributed by atoms with van der Waals surface area (Å²) in [6.07, 6.45) is 4.98. The SMILES string of the molecule is CC(C)CO[C@@H]1C[C@@H](N2CC=C(c3ccc(O)cc3)CC2)C1(C)C. The molecule has 0 unspecified atom stereocenters. The van der Waals surface area contributed by atoms with Crippen molar-refractivity contribution in [1.29, 1.82) is 0 Å². The number of rotatable bonds is 5. The maximum absolute atomic E-state index is 9.43. The van der Waals surface area contributed by atoms with Gasteiger partial charge in [-0.15, -0.1) is 0 Å². The smallest absolute Gasteiger partial charge is 0.115 e. The van der Waals surface area contributed by atoms with Gasteiger partial charge in [-0.25, -0.2) is 0 Å². The fourth-order valence-corrected chi connectivity index (χ4v) is 3.98. The average Bonchev–Trinajstić information content (AvgIpc) is 2.55. The van der Waals surface area contributed by atoms with Crippen molar-refractivity contribution in [2.75, 3.05) is 19.7 Å². The Bertz CT molecular complexity index is 588. The van der Waals surface area contributed by atoms with Crippen molar-refractivity contribution in [3.8, 4) is 5.75 Å². The van der Waals surface area contributed by atoms with E-state index in [0.29, 0.717) is 23.8 Å². The Morgan fingerprint density at radius 1 is 1.25 bits per heavy atom. The predicted molar refractivity (Wildman–Crippen MR) is 99.0 cm³/mol. The Balaban J connectivity index is 1.58. The number of hydrogen-bond donors (Lipinski definition) is 1. The molecule has 0 radical (unpaired) electrons. The number of benzene rings is 1. The molecule has 2 atom stereocenters. The van der Waals surface area contributed by atoms with Crippen LogP contribution >= 0.6 is 0 Å². The lowest BCUT2D eigenvalue weighted by Gasteiger charge is -2.56. The summed E-state index contributed by atoms with van der Waals surface area (Å²) in [5, 5.41) is 9.43. The van der Waals surface area contributed by atoms with Crippen molar-refractivity contribution < 1.29 is 9.84 Å². The van der Waals surface area contributed by atoms with Gasteiger partial charge < -0.3 is 9.84 Å². The van der Waals surface area contributed by atoms with Crippen LogP contribution in [-0.4, -0.2) is 41.8 Å². The lowest BCUT2D eigenvalue weighted by atomic mass is 9.63. The molecule has 1 N–H and O–H groups in total. The van der Waals surface area contributed by atoms with Gasteiger partial charge in [0.25, 0.3) is 0 Å². The molecule has 1 saturated carbocycles. The fraction of sp³-hybridized carbons (Fsp3) is 0.619. The molecule has 132 valence electrons. The van der Waals surface area contributed by atoms with Gasteiger partial charge in [-0.2, -0.15) is 0 Å².